The Morgan fingerprint density at radius 3 is 2.47 bits per heavy atom. The van der Waals surface area contributed by atoms with Crippen LogP contribution in [0, 0.1) is 11.6 Å². The Hall–Kier alpha value is -1.16. The van der Waals surface area contributed by atoms with Gasteiger partial charge in [0, 0.05) is 24.0 Å². The second kappa shape index (κ2) is 5.96. The van der Waals surface area contributed by atoms with Crippen LogP contribution in [0.5, 0.6) is 0 Å². The van der Waals surface area contributed by atoms with Crippen LogP contribution in [0.15, 0.2) is 18.2 Å². The van der Waals surface area contributed by atoms with Crippen molar-refractivity contribution in [3.8, 4) is 0 Å². The van der Waals surface area contributed by atoms with Gasteiger partial charge in [0.15, 0.2) is 11.6 Å². The topological polar surface area (TPSA) is 20.3 Å². The monoisotopic (exact) mass is 261 g/mol. The van der Waals surface area contributed by atoms with Crippen molar-refractivity contribution >= 4 is 17.5 Å². The zero-order chi connectivity index (χ0) is 13.0. The molecule has 2 nitrogen and oxygen atoms in total. The van der Waals surface area contributed by atoms with Gasteiger partial charge in [-0.15, -0.1) is 11.6 Å². The highest BCUT2D eigenvalue weighted by molar-refractivity contribution is 6.18. The van der Waals surface area contributed by atoms with Gasteiger partial charge in [-0.3, -0.25) is 4.79 Å². The molecule has 0 aromatic heterocycles. The Bertz CT molecular complexity index is 409. The fourth-order valence-corrected chi connectivity index (χ4v) is 1.66. The standard InChI is InChI=1S/C12H14ClF2NO/c1-8(2)16(6-5-13)12(17)9-3-4-10(14)11(15)7-9/h3-4,7-8H,5-6H2,1-2H3. The summed E-state index contributed by atoms with van der Waals surface area (Å²) < 4.78 is 25.8. The highest BCUT2D eigenvalue weighted by Crippen LogP contribution is 2.13. The van der Waals surface area contributed by atoms with Gasteiger partial charge in [0.05, 0.1) is 0 Å². The van der Waals surface area contributed by atoms with E-state index in [2.05, 4.69) is 0 Å². The second-order valence-electron chi connectivity index (χ2n) is 3.91. The van der Waals surface area contributed by atoms with Crippen LogP contribution in [0.25, 0.3) is 0 Å². The zero-order valence-electron chi connectivity index (χ0n) is 9.71. The number of alkyl halides is 1. The Labute approximate surface area is 104 Å². The fraction of sp³-hybridized carbons (Fsp3) is 0.417. The number of halogens is 3. The van der Waals surface area contributed by atoms with E-state index in [4.69, 9.17) is 11.6 Å². The zero-order valence-corrected chi connectivity index (χ0v) is 10.5. The largest absolute Gasteiger partial charge is 0.335 e. The number of nitrogens with zero attached hydrogens (tertiary/aromatic N) is 1. The van der Waals surface area contributed by atoms with Crippen molar-refractivity contribution in [3.05, 3.63) is 35.4 Å². The van der Waals surface area contributed by atoms with Gasteiger partial charge in [-0.1, -0.05) is 0 Å². The quantitative estimate of drug-likeness (QED) is 0.763. The molecule has 0 spiro atoms. The summed E-state index contributed by atoms with van der Waals surface area (Å²) in [5.74, 6) is -2.03. The predicted octanol–water partition coefficient (Wildman–Crippen LogP) is 3.05. The van der Waals surface area contributed by atoms with Crippen molar-refractivity contribution < 1.29 is 13.6 Å². The lowest BCUT2D eigenvalue weighted by Gasteiger charge is -2.26. The van der Waals surface area contributed by atoms with Crippen LogP contribution < -0.4 is 0 Å². The molecule has 0 saturated carbocycles. The number of amides is 1. The average molecular weight is 262 g/mol. The molecule has 0 fully saturated rings. The van der Waals surface area contributed by atoms with Crippen LogP contribution in [0.2, 0.25) is 0 Å². The van der Waals surface area contributed by atoms with Crippen molar-refractivity contribution in [3.63, 3.8) is 0 Å². The van der Waals surface area contributed by atoms with Gasteiger partial charge in [0.1, 0.15) is 0 Å². The van der Waals surface area contributed by atoms with E-state index in [1.165, 1.54) is 11.0 Å². The van der Waals surface area contributed by atoms with E-state index >= 15 is 0 Å². The summed E-state index contributed by atoms with van der Waals surface area (Å²) in [6.07, 6.45) is 0. The fourth-order valence-electron chi connectivity index (χ4n) is 1.48. The SMILES string of the molecule is CC(C)N(CCCl)C(=O)c1ccc(F)c(F)c1. The van der Waals surface area contributed by atoms with E-state index in [0.29, 0.717) is 12.4 Å². The highest BCUT2D eigenvalue weighted by atomic mass is 35.5. The van der Waals surface area contributed by atoms with E-state index in [1.807, 2.05) is 13.8 Å². The maximum Gasteiger partial charge on any atom is 0.254 e. The van der Waals surface area contributed by atoms with Crippen molar-refractivity contribution in [2.75, 3.05) is 12.4 Å². The number of hydrogen-bond donors (Lipinski definition) is 0. The van der Waals surface area contributed by atoms with Gasteiger partial charge in [0.25, 0.3) is 5.91 Å². The smallest absolute Gasteiger partial charge is 0.254 e. The van der Waals surface area contributed by atoms with Crippen LogP contribution >= 0.6 is 11.6 Å². The van der Waals surface area contributed by atoms with Gasteiger partial charge >= 0.3 is 0 Å². The molecule has 94 valence electrons. The Balaban J connectivity index is 2.97. The molecule has 0 N–H and O–H groups in total. The number of hydrogen-bond acceptors (Lipinski definition) is 1. The maximum atomic E-state index is 13.0. The van der Waals surface area contributed by atoms with E-state index in [0.717, 1.165) is 12.1 Å². The van der Waals surface area contributed by atoms with E-state index in [9.17, 15) is 13.6 Å². The summed E-state index contributed by atoms with van der Waals surface area (Å²) in [6, 6.07) is 3.07. The minimum Gasteiger partial charge on any atom is -0.335 e. The third-order valence-corrected chi connectivity index (χ3v) is 2.55. The average Bonchev–Trinajstić information content (AvgIpc) is 2.28. The molecule has 0 heterocycles. The number of rotatable bonds is 4. The molecule has 1 aromatic carbocycles. The van der Waals surface area contributed by atoms with Crippen LogP contribution in [-0.4, -0.2) is 29.3 Å². The molecule has 0 aliphatic heterocycles. The van der Waals surface area contributed by atoms with E-state index in [-0.39, 0.29) is 17.5 Å². The summed E-state index contributed by atoms with van der Waals surface area (Å²) in [5.41, 5.74) is 0.128. The maximum absolute atomic E-state index is 13.0. The summed E-state index contributed by atoms with van der Waals surface area (Å²) in [5, 5.41) is 0. The van der Waals surface area contributed by atoms with Gasteiger partial charge in [-0.2, -0.15) is 0 Å². The molecule has 0 bridgehead atoms. The molecule has 5 heteroatoms. The van der Waals surface area contributed by atoms with Crippen LogP contribution in [-0.2, 0) is 0 Å². The Morgan fingerprint density at radius 1 is 1.35 bits per heavy atom. The van der Waals surface area contributed by atoms with Crippen molar-refractivity contribution in [2.24, 2.45) is 0 Å². The minimum absolute atomic E-state index is 0.0469. The lowest BCUT2D eigenvalue weighted by atomic mass is 10.1. The molecule has 1 amide bonds. The van der Waals surface area contributed by atoms with Gasteiger partial charge in [-0.25, -0.2) is 8.78 Å². The van der Waals surface area contributed by atoms with Crippen molar-refractivity contribution in [1.82, 2.24) is 4.90 Å². The highest BCUT2D eigenvalue weighted by Gasteiger charge is 2.19. The first-order valence-electron chi connectivity index (χ1n) is 5.29. The second-order valence-corrected chi connectivity index (χ2v) is 4.29. The summed E-state index contributed by atoms with van der Waals surface area (Å²) in [4.78, 5) is 13.5. The normalized spacial score (nSPS) is 10.7. The summed E-state index contributed by atoms with van der Waals surface area (Å²) in [7, 11) is 0. The first kappa shape index (κ1) is 13.9. The molecule has 0 unspecified atom stereocenters. The number of carbonyl (C=O) groups excluding carboxylic acids is 1. The molecule has 0 aliphatic rings. The predicted molar refractivity (Wildman–Crippen MR) is 63.3 cm³/mol. The lowest BCUT2D eigenvalue weighted by Crippen LogP contribution is -2.38. The molecular weight excluding hydrogens is 248 g/mol. The van der Waals surface area contributed by atoms with Crippen molar-refractivity contribution in [2.45, 2.75) is 19.9 Å². The summed E-state index contributed by atoms with van der Waals surface area (Å²) >= 11 is 5.60. The third-order valence-electron chi connectivity index (χ3n) is 2.38. The molecule has 0 radical (unpaired) electrons. The molecule has 0 aliphatic carbocycles. The lowest BCUT2D eigenvalue weighted by molar-refractivity contribution is 0.0717. The van der Waals surface area contributed by atoms with Crippen LogP contribution in [0.4, 0.5) is 8.78 Å². The molecule has 17 heavy (non-hydrogen) atoms. The first-order chi connectivity index (χ1) is 7.97. The number of benzene rings is 1. The Kier molecular flexibility index (Phi) is 4.87. The van der Waals surface area contributed by atoms with Gasteiger partial charge in [0.2, 0.25) is 0 Å². The molecular formula is C12H14ClF2NO. The third kappa shape index (κ3) is 3.40. The van der Waals surface area contributed by atoms with E-state index < -0.39 is 11.6 Å². The molecule has 1 rings (SSSR count). The first-order valence-corrected chi connectivity index (χ1v) is 5.82. The summed E-state index contributed by atoms with van der Waals surface area (Å²) in [6.45, 7) is 4.05. The number of carbonyl (C=O) groups is 1. The molecule has 0 atom stereocenters. The molecule has 1 aromatic rings. The van der Waals surface area contributed by atoms with Crippen LogP contribution in [0.3, 0.4) is 0 Å². The molecule has 0 saturated heterocycles. The minimum atomic E-state index is -1.02. The van der Waals surface area contributed by atoms with Gasteiger partial charge < -0.3 is 4.90 Å². The van der Waals surface area contributed by atoms with E-state index in [1.54, 1.807) is 0 Å². The Morgan fingerprint density at radius 2 is 2.00 bits per heavy atom. The van der Waals surface area contributed by atoms with Crippen LogP contribution in [0.1, 0.15) is 24.2 Å². The van der Waals surface area contributed by atoms with Crippen molar-refractivity contribution in [1.29, 1.82) is 0 Å². The van der Waals surface area contributed by atoms with Gasteiger partial charge in [-0.05, 0) is 32.0 Å².